The van der Waals surface area contributed by atoms with Crippen molar-refractivity contribution in [1.82, 2.24) is 9.97 Å². The van der Waals surface area contributed by atoms with Crippen LogP contribution in [0.4, 0.5) is 0 Å². The van der Waals surface area contributed by atoms with E-state index in [-0.39, 0.29) is 5.78 Å². The van der Waals surface area contributed by atoms with Crippen molar-refractivity contribution in [2.24, 2.45) is 0 Å². The van der Waals surface area contributed by atoms with Crippen LogP contribution in [0.5, 0.6) is 5.75 Å². The number of ether oxygens (including phenoxy) is 1. The van der Waals surface area contributed by atoms with Gasteiger partial charge in [-0.15, -0.1) is 0 Å². The van der Waals surface area contributed by atoms with E-state index in [0.717, 1.165) is 22.6 Å². The lowest BCUT2D eigenvalue weighted by Crippen LogP contribution is -2.05. The third-order valence-electron chi connectivity index (χ3n) is 3.51. The average molecular weight is 304 g/mol. The Hall–Kier alpha value is -3.01. The number of Topliss-reactive ketones (excluding diaryl/α,β-unsaturated/α-hetero) is 1. The van der Waals surface area contributed by atoms with E-state index in [4.69, 9.17) is 4.74 Å². The van der Waals surface area contributed by atoms with Crippen molar-refractivity contribution < 1.29 is 9.53 Å². The smallest absolute Gasteiger partial charge is 0.185 e. The molecule has 23 heavy (non-hydrogen) atoms. The molecule has 0 N–H and O–H groups in total. The number of carbonyl (C=O) groups is 1. The third-order valence-corrected chi connectivity index (χ3v) is 3.51. The van der Waals surface area contributed by atoms with Gasteiger partial charge >= 0.3 is 0 Å². The molecule has 2 heterocycles. The summed E-state index contributed by atoms with van der Waals surface area (Å²) < 4.78 is 5.24. The number of methoxy groups -OCH3 is 1. The predicted octanol–water partition coefficient (Wildman–Crippen LogP) is 3.58. The number of aromatic nitrogens is 2. The molecule has 0 amide bonds. The highest BCUT2D eigenvalue weighted by atomic mass is 16.5. The van der Waals surface area contributed by atoms with Gasteiger partial charge < -0.3 is 4.74 Å². The molecule has 2 aromatic heterocycles. The Morgan fingerprint density at radius 2 is 1.91 bits per heavy atom. The second kappa shape index (κ2) is 6.83. The summed E-state index contributed by atoms with van der Waals surface area (Å²) in [5, 5.41) is 0. The highest BCUT2D eigenvalue weighted by molar-refractivity contribution is 5.95. The highest BCUT2D eigenvalue weighted by Gasteiger charge is 2.09. The van der Waals surface area contributed by atoms with E-state index in [2.05, 4.69) is 9.97 Å². The van der Waals surface area contributed by atoms with E-state index >= 15 is 0 Å². The summed E-state index contributed by atoms with van der Waals surface area (Å²) in [6.07, 6.45) is 3.65. The number of pyridine rings is 2. The lowest BCUT2D eigenvalue weighted by molar-refractivity contribution is 0.0988. The first-order valence-corrected chi connectivity index (χ1v) is 7.30. The van der Waals surface area contributed by atoms with Crippen molar-refractivity contribution in [3.8, 4) is 17.0 Å². The maximum absolute atomic E-state index is 12.3. The zero-order valence-electron chi connectivity index (χ0n) is 12.8. The Morgan fingerprint density at radius 1 is 1.00 bits per heavy atom. The van der Waals surface area contributed by atoms with Crippen molar-refractivity contribution in [1.29, 1.82) is 0 Å². The van der Waals surface area contributed by atoms with Gasteiger partial charge in [-0.25, -0.2) is 0 Å². The summed E-state index contributed by atoms with van der Waals surface area (Å²) in [5.74, 6) is 0.771. The summed E-state index contributed by atoms with van der Waals surface area (Å²) in [4.78, 5) is 20.7. The van der Waals surface area contributed by atoms with E-state index in [0.29, 0.717) is 12.1 Å². The molecular formula is C19H16N2O2. The minimum absolute atomic E-state index is 0.00612. The molecule has 3 aromatic rings. The second-order valence-electron chi connectivity index (χ2n) is 5.10. The van der Waals surface area contributed by atoms with Crippen LogP contribution in [-0.4, -0.2) is 22.9 Å². The first-order valence-electron chi connectivity index (χ1n) is 7.30. The van der Waals surface area contributed by atoms with Crippen LogP contribution in [0.1, 0.15) is 16.1 Å². The molecule has 0 unspecified atom stereocenters. The topological polar surface area (TPSA) is 52.1 Å². The van der Waals surface area contributed by atoms with Gasteiger partial charge in [-0.2, -0.15) is 0 Å². The monoisotopic (exact) mass is 304 g/mol. The van der Waals surface area contributed by atoms with Crippen LogP contribution in [0.2, 0.25) is 0 Å². The summed E-state index contributed by atoms with van der Waals surface area (Å²) in [5.41, 5.74) is 3.16. The molecule has 4 nitrogen and oxygen atoms in total. The zero-order chi connectivity index (χ0) is 16.1. The molecule has 1 aromatic carbocycles. The number of carbonyl (C=O) groups excluding carboxylic acids is 1. The van der Waals surface area contributed by atoms with Crippen LogP contribution in [0.15, 0.2) is 67.0 Å². The van der Waals surface area contributed by atoms with Gasteiger partial charge in [-0.05, 0) is 42.0 Å². The molecule has 0 spiro atoms. The quantitative estimate of drug-likeness (QED) is 0.676. The largest absolute Gasteiger partial charge is 0.497 e. The first kappa shape index (κ1) is 14.9. The number of benzene rings is 1. The lowest BCUT2D eigenvalue weighted by atomic mass is 10.0. The van der Waals surface area contributed by atoms with E-state index in [1.54, 1.807) is 31.6 Å². The van der Waals surface area contributed by atoms with Crippen molar-refractivity contribution in [3.63, 3.8) is 0 Å². The van der Waals surface area contributed by atoms with Crippen LogP contribution in [0.3, 0.4) is 0 Å². The molecule has 0 aliphatic heterocycles. The van der Waals surface area contributed by atoms with Gasteiger partial charge in [0.2, 0.25) is 0 Å². The maximum Gasteiger partial charge on any atom is 0.185 e. The van der Waals surface area contributed by atoms with Crippen molar-refractivity contribution in [2.75, 3.05) is 7.11 Å². The third kappa shape index (κ3) is 3.61. The van der Waals surface area contributed by atoms with Crippen LogP contribution < -0.4 is 4.74 Å². The minimum atomic E-state index is -0.00612. The fraction of sp³-hybridized carbons (Fsp3) is 0.105. The van der Waals surface area contributed by atoms with E-state index < -0.39 is 0 Å². The van der Waals surface area contributed by atoms with Gasteiger partial charge in [0, 0.05) is 24.4 Å². The number of ketones is 1. The molecule has 0 atom stereocenters. The molecule has 0 saturated carbocycles. The van der Waals surface area contributed by atoms with Gasteiger partial charge in [0.25, 0.3) is 0 Å². The van der Waals surface area contributed by atoms with Gasteiger partial charge in [0.1, 0.15) is 11.4 Å². The van der Waals surface area contributed by atoms with Crippen molar-refractivity contribution in [2.45, 2.75) is 6.42 Å². The normalized spacial score (nSPS) is 10.3. The average Bonchev–Trinajstić information content (AvgIpc) is 2.63. The molecule has 0 radical (unpaired) electrons. The molecule has 0 fully saturated rings. The molecule has 0 saturated heterocycles. The van der Waals surface area contributed by atoms with Crippen LogP contribution in [0, 0.1) is 0 Å². The minimum Gasteiger partial charge on any atom is -0.497 e. The van der Waals surface area contributed by atoms with Gasteiger partial charge in [0.15, 0.2) is 5.78 Å². The first-order chi connectivity index (χ1) is 11.3. The van der Waals surface area contributed by atoms with Crippen LogP contribution in [0.25, 0.3) is 11.3 Å². The van der Waals surface area contributed by atoms with Crippen LogP contribution in [-0.2, 0) is 6.42 Å². The van der Waals surface area contributed by atoms with Crippen LogP contribution >= 0.6 is 0 Å². The zero-order valence-corrected chi connectivity index (χ0v) is 12.8. The summed E-state index contributed by atoms with van der Waals surface area (Å²) in [7, 11) is 1.63. The predicted molar refractivity (Wildman–Crippen MR) is 88.5 cm³/mol. The van der Waals surface area contributed by atoms with E-state index in [9.17, 15) is 4.79 Å². The fourth-order valence-corrected chi connectivity index (χ4v) is 2.33. The molecular weight excluding hydrogens is 288 g/mol. The summed E-state index contributed by atoms with van der Waals surface area (Å²) in [6.45, 7) is 0. The summed E-state index contributed by atoms with van der Waals surface area (Å²) in [6, 6.07) is 16.8. The molecule has 0 bridgehead atoms. The Morgan fingerprint density at radius 3 is 2.70 bits per heavy atom. The van der Waals surface area contributed by atoms with Gasteiger partial charge in [0.05, 0.1) is 12.8 Å². The van der Waals surface area contributed by atoms with Crippen molar-refractivity contribution >= 4 is 5.78 Å². The maximum atomic E-state index is 12.3. The summed E-state index contributed by atoms with van der Waals surface area (Å²) >= 11 is 0. The standard InChI is InChI=1S/C19H16N2O2/c1-23-16-6-4-5-15(13-16)18-11-14(8-10-21-18)12-19(22)17-7-2-3-9-20-17/h2-11,13H,12H2,1H3. The van der Waals surface area contributed by atoms with Crippen molar-refractivity contribution in [3.05, 3.63) is 78.2 Å². The Kier molecular flexibility index (Phi) is 4.43. The second-order valence-corrected chi connectivity index (χ2v) is 5.10. The van der Waals surface area contributed by atoms with Gasteiger partial charge in [-0.3, -0.25) is 14.8 Å². The number of rotatable bonds is 5. The molecule has 4 heteroatoms. The van der Waals surface area contributed by atoms with E-state index in [1.807, 2.05) is 42.5 Å². The Balaban J connectivity index is 1.84. The Labute approximate surface area is 134 Å². The molecule has 3 rings (SSSR count). The van der Waals surface area contributed by atoms with Gasteiger partial charge in [-0.1, -0.05) is 18.2 Å². The Bertz CT molecular complexity index is 816. The van der Waals surface area contributed by atoms with E-state index in [1.165, 1.54) is 0 Å². The lowest BCUT2D eigenvalue weighted by Gasteiger charge is -2.06. The highest BCUT2D eigenvalue weighted by Crippen LogP contribution is 2.23. The molecule has 0 aliphatic rings. The number of hydrogen-bond donors (Lipinski definition) is 0. The number of nitrogens with zero attached hydrogens (tertiary/aromatic N) is 2. The molecule has 114 valence electrons. The number of hydrogen-bond acceptors (Lipinski definition) is 4. The SMILES string of the molecule is COc1cccc(-c2cc(CC(=O)c3ccccn3)ccn2)c1. The fourth-order valence-electron chi connectivity index (χ4n) is 2.33. The molecule has 0 aliphatic carbocycles.